The van der Waals surface area contributed by atoms with Crippen molar-refractivity contribution in [2.24, 2.45) is 0 Å². The lowest BCUT2D eigenvalue weighted by molar-refractivity contribution is -0.136. The summed E-state index contributed by atoms with van der Waals surface area (Å²) in [5.41, 5.74) is 0.979. The molecule has 1 heterocycles. The van der Waals surface area contributed by atoms with Crippen molar-refractivity contribution in [1.29, 1.82) is 0 Å². The summed E-state index contributed by atoms with van der Waals surface area (Å²) >= 11 is 3.29. The molecule has 0 saturated carbocycles. The Morgan fingerprint density at radius 3 is 3.00 bits per heavy atom. The first-order chi connectivity index (χ1) is 5.70. The molecule has 0 aliphatic carbocycles. The summed E-state index contributed by atoms with van der Waals surface area (Å²) in [6, 6.07) is 1.81. The van der Waals surface area contributed by atoms with Crippen LogP contribution in [0, 0.1) is 0 Å². The van der Waals surface area contributed by atoms with Crippen LogP contribution >= 0.6 is 15.9 Å². The average molecular weight is 230 g/mol. The first kappa shape index (κ1) is 9.19. The number of hydrogen-bond acceptors (Lipinski definition) is 2. The van der Waals surface area contributed by atoms with Crippen molar-refractivity contribution in [3.8, 4) is 0 Å². The number of pyridine rings is 1. The number of nitrogens with zero attached hydrogens (tertiary/aromatic N) is 1. The third-order valence-electron chi connectivity index (χ3n) is 1.46. The average Bonchev–Trinajstić information content (AvgIpc) is 2.03. The molecule has 0 aromatic carbocycles. The standard InChI is InChI=1S/C8H8BrNO2/c9-7-5-10-4-3-6(7)1-2-8(11)12/h3-5H,1-2H2,(H,11,12). The topological polar surface area (TPSA) is 50.2 Å². The number of hydrogen-bond donors (Lipinski definition) is 1. The van der Waals surface area contributed by atoms with Gasteiger partial charge < -0.3 is 5.11 Å². The van der Waals surface area contributed by atoms with Gasteiger partial charge >= 0.3 is 5.97 Å². The molecule has 1 rings (SSSR count). The second kappa shape index (κ2) is 4.21. The van der Waals surface area contributed by atoms with E-state index >= 15 is 0 Å². The molecule has 0 atom stereocenters. The van der Waals surface area contributed by atoms with Crippen LogP contribution in [0.4, 0.5) is 0 Å². The highest BCUT2D eigenvalue weighted by atomic mass is 79.9. The number of rotatable bonds is 3. The van der Waals surface area contributed by atoms with Crippen LogP contribution in [0.2, 0.25) is 0 Å². The summed E-state index contributed by atoms with van der Waals surface area (Å²) in [7, 11) is 0. The fourth-order valence-electron chi connectivity index (χ4n) is 0.848. The van der Waals surface area contributed by atoms with Crippen molar-refractivity contribution < 1.29 is 9.90 Å². The molecule has 4 heteroatoms. The Kier molecular flexibility index (Phi) is 3.22. The molecular formula is C8H8BrNO2. The number of carboxylic acid groups (broad SMARTS) is 1. The first-order valence-electron chi connectivity index (χ1n) is 3.50. The van der Waals surface area contributed by atoms with Gasteiger partial charge in [-0.1, -0.05) is 0 Å². The molecule has 0 aliphatic rings. The molecule has 64 valence electrons. The van der Waals surface area contributed by atoms with Crippen LogP contribution in [0.5, 0.6) is 0 Å². The molecule has 0 bridgehead atoms. The van der Waals surface area contributed by atoms with Crippen LogP contribution in [-0.4, -0.2) is 16.1 Å². The molecule has 0 amide bonds. The summed E-state index contributed by atoms with van der Waals surface area (Å²) in [5, 5.41) is 8.43. The minimum absolute atomic E-state index is 0.155. The highest BCUT2D eigenvalue weighted by molar-refractivity contribution is 9.10. The second-order valence-corrected chi connectivity index (χ2v) is 3.22. The maximum atomic E-state index is 10.3. The van der Waals surface area contributed by atoms with Crippen molar-refractivity contribution in [3.05, 3.63) is 28.5 Å². The molecule has 1 aromatic rings. The Balaban J connectivity index is 2.63. The molecule has 0 unspecified atom stereocenters. The quantitative estimate of drug-likeness (QED) is 0.862. The highest BCUT2D eigenvalue weighted by Gasteiger charge is 2.01. The molecule has 0 radical (unpaired) electrons. The molecule has 12 heavy (non-hydrogen) atoms. The van der Waals surface area contributed by atoms with Gasteiger partial charge in [-0.15, -0.1) is 0 Å². The maximum Gasteiger partial charge on any atom is 0.303 e. The molecule has 1 N–H and O–H groups in total. The van der Waals surface area contributed by atoms with E-state index in [-0.39, 0.29) is 6.42 Å². The van der Waals surface area contributed by atoms with Crippen LogP contribution in [-0.2, 0) is 11.2 Å². The van der Waals surface area contributed by atoms with Gasteiger partial charge in [0.15, 0.2) is 0 Å². The van der Waals surface area contributed by atoms with E-state index in [9.17, 15) is 4.79 Å². The summed E-state index contributed by atoms with van der Waals surface area (Å²) in [6.45, 7) is 0. The van der Waals surface area contributed by atoms with E-state index in [0.717, 1.165) is 10.0 Å². The summed E-state index contributed by atoms with van der Waals surface area (Å²) in [4.78, 5) is 14.1. The van der Waals surface area contributed by atoms with Gasteiger partial charge in [-0.3, -0.25) is 9.78 Å². The Bertz CT molecular complexity index is 288. The second-order valence-electron chi connectivity index (χ2n) is 2.36. The molecule has 0 fully saturated rings. The van der Waals surface area contributed by atoms with E-state index in [2.05, 4.69) is 20.9 Å². The van der Waals surface area contributed by atoms with Gasteiger partial charge in [-0.25, -0.2) is 0 Å². The van der Waals surface area contributed by atoms with E-state index in [1.165, 1.54) is 0 Å². The summed E-state index contributed by atoms with van der Waals surface area (Å²) in [5.74, 6) is -0.779. The van der Waals surface area contributed by atoms with E-state index in [1.807, 2.05) is 6.07 Å². The largest absolute Gasteiger partial charge is 0.481 e. The third kappa shape index (κ3) is 2.62. The van der Waals surface area contributed by atoms with E-state index in [1.54, 1.807) is 12.4 Å². The zero-order valence-electron chi connectivity index (χ0n) is 6.33. The molecule has 3 nitrogen and oxygen atoms in total. The van der Waals surface area contributed by atoms with Gasteiger partial charge in [-0.05, 0) is 34.0 Å². The molecule has 0 saturated heterocycles. The molecular weight excluding hydrogens is 222 g/mol. The first-order valence-corrected chi connectivity index (χ1v) is 4.29. The fourth-order valence-corrected chi connectivity index (χ4v) is 1.30. The fraction of sp³-hybridized carbons (Fsp3) is 0.250. The Labute approximate surface area is 78.6 Å². The van der Waals surface area contributed by atoms with E-state index in [0.29, 0.717) is 6.42 Å². The van der Waals surface area contributed by atoms with Crippen LogP contribution in [0.15, 0.2) is 22.9 Å². The van der Waals surface area contributed by atoms with Gasteiger partial charge in [0, 0.05) is 23.3 Å². The van der Waals surface area contributed by atoms with Crippen LogP contribution < -0.4 is 0 Å². The zero-order chi connectivity index (χ0) is 8.97. The predicted octanol–water partition coefficient (Wildman–Crippen LogP) is 1.86. The lowest BCUT2D eigenvalue weighted by Crippen LogP contribution is -1.98. The molecule has 0 spiro atoms. The maximum absolute atomic E-state index is 10.3. The minimum atomic E-state index is -0.779. The van der Waals surface area contributed by atoms with Gasteiger partial charge in [0.2, 0.25) is 0 Å². The van der Waals surface area contributed by atoms with Crippen LogP contribution in [0.1, 0.15) is 12.0 Å². The van der Waals surface area contributed by atoms with E-state index in [4.69, 9.17) is 5.11 Å². The van der Waals surface area contributed by atoms with Gasteiger partial charge in [-0.2, -0.15) is 0 Å². The molecule has 1 aromatic heterocycles. The predicted molar refractivity (Wildman–Crippen MR) is 47.9 cm³/mol. The lowest BCUT2D eigenvalue weighted by Gasteiger charge is -1.99. The Morgan fingerprint density at radius 1 is 1.67 bits per heavy atom. The number of carboxylic acids is 1. The SMILES string of the molecule is O=C(O)CCc1ccncc1Br. The summed E-state index contributed by atoms with van der Waals surface area (Å²) in [6.07, 6.45) is 4.01. The third-order valence-corrected chi connectivity index (χ3v) is 2.18. The number of aryl methyl sites for hydroxylation is 1. The highest BCUT2D eigenvalue weighted by Crippen LogP contribution is 2.15. The number of aromatic nitrogens is 1. The van der Waals surface area contributed by atoms with Crippen molar-refractivity contribution in [2.45, 2.75) is 12.8 Å². The normalized spacial score (nSPS) is 9.75. The molecule has 0 aliphatic heterocycles. The van der Waals surface area contributed by atoms with Gasteiger partial charge in [0.25, 0.3) is 0 Å². The number of aliphatic carboxylic acids is 1. The van der Waals surface area contributed by atoms with Crippen LogP contribution in [0.25, 0.3) is 0 Å². The van der Waals surface area contributed by atoms with Gasteiger partial charge in [0.05, 0.1) is 0 Å². The van der Waals surface area contributed by atoms with Crippen molar-refractivity contribution in [2.75, 3.05) is 0 Å². The number of halogens is 1. The van der Waals surface area contributed by atoms with Gasteiger partial charge in [0.1, 0.15) is 0 Å². The lowest BCUT2D eigenvalue weighted by atomic mass is 10.1. The summed E-state index contributed by atoms with van der Waals surface area (Å²) < 4.78 is 0.867. The van der Waals surface area contributed by atoms with Crippen molar-refractivity contribution in [3.63, 3.8) is 0 Å². The Hall–Kier alpha value is -0.900. The zero-order valence-corrected chi connectivity index (χ0v) is 7.91. The monoisotopic (exact) mass is 229 g/mol. The smallest absolute Gasteiger partial charge is 0.303 e. The van der Waals surface area contributed by atoms with Crippen molar-refractivity contribution in [1.82, 2.24) is 4.98 Å². The van der Waals surface area contributed by atoms with E-state index < -0.39 is 5.97 Å². The van der Waals surface area contributed by atoms with Crippen LogP contribution in [0.3, 0.4) is 0 Å². The number of carbonyl (C=O) groups is 1. The Morgan fingerprint density at radius 2 is 2.42 bits per heavy atom. The van der Waals surface area contributed by atoms with Crippen molar-refractivity contribution >= 4 is 21.9 Å². The minimum Gasteiger partial charge on any atom is -0.481 e.